The number of carbonyl (C=O) groups excluding carboxylic acids is 1. The maximum absolute atomic E-state index is 12.7. The molecule has 158 valence electrons. The predicted molar refractivity (Wildman–Crippen MR) is 114 cm³/mol. The third-order valence-electron chi connectivity index (χ3n) is 5.59. The van der Waals surface area contributed by atoms with E-state index in [9.17, 15) is 4.79 Å². The third kappa shape index (κ3) is 4.08. The second kappa shape index (κ2) is 8.30. The van der Waals surface area contributed by atoms with Crippen molar-refractivity contribution in [2.45, 2.75) is 40.2 Å². The molecule has 4 heterocycles. The SMILES string of the molecule is COc1nc(C)cc(C)c1CNC(=O)C1CCN(c2nc3nc(C)ccc3o2)CC1. The van der Waals surface area contributed by atoms with Crippen molar-refractivity contribution < 1.29 is 13.9 Å². The van der Waals surface area contributed by atoms with Crippen LogP contribution in [0.3, 0.4) is 0 Å². The monoisotopic (exact) mass is 409 g/mol. The molecule has 0 saturated carbocycles. The van der Waals surface area contributed by atoms with Crippen molar-refractivity contribution in [3.05, 3.63) is 40.7 Å². The van der Waals surface area contributed by atoms with Gasteiger partial charge in [0.05, 0.1) is 7.11 Å². The molecule has 1 fully saturated rings. The van der Waals surface area contributed by atoms with E-state index in [4.69, 9.17) is 9.15 Å². The number of ether oxygens (including phenoxy) is 1. The maximum Gasteiger partial charge on any atom is 0.299 e. The lowest BCUT2D eigenvalue weighted by Crippen LogP contribution is -2.40. The topological polar surface area (TPSA) is 93.4 Å². The summed E-state index contributed by atoms with van der Waals surface area (Å²) >= 11 is 0. The highest BCUT2D eigenvalue weighted by Crippen LogP contribution is 2.26. The first-order valence-electron chi connectivity index (χ1n) is 10.2. The number of fused-ring (bicyclic) bond motifs is 1. The van der Waals surface area contributed by atoms with Gasteiger partial charge in [0.25, 0.3) is 6.01 Å². The molecule has 30 heavy (non-hydrogen) atoms. The van der Waals surface area contributed by atoms with Crippen LogP contribution in [-0.2, 0) is 11.3 Å². The van der Waals surface area contributed by atoms with Crippen LogP contribution in [0.5, 0.6) is 5.88 Å². The molecule has 4 rings (SSSR count). The third-order valence-corrected chi connectivity index (χ3v) is 5.59. The number of aromatic nitrogens is 3. The summed E-state index contributed by atoms with van der Waals surface area (Å²) in [6.45, 7) is 7.73. The summed E-state index contributed by atoms with van der Waals surface area (Å²) in [5.74, 6) is 0.602. The van der Waals surface area contributed by atoms with Crippen LogP contribution in [0.1, 0.15) is 35.4 Å². The largest absolute Gasteiger partial charge is 0.481 e. The van der Waals surface area contributed by atoms with Gasteiger partial charge in [-0.15, -0.1) is 0 Å². The van der Waals surface area contributed by atoms with Crippen LogP contribution in [-0.4, -0.2) is 41.1 Å². The van der Waals surface area contributed by atoms with Crippen molar-refractivity contribution in [1.82, 2.24) is 20.3 Å². The van der Waals surface area contributed by atoms with Crippen LogP contribution >= 0.6 is 0 Å². The summed E-state index contributed by atoms with van der Waals surface area (Å²) in [5.41, 5.74) is 5.11. The lowest BCUT2D eigenvalue weighted by molar-refractivity contribution is -0.125. The summed E-state index contributed by atoms with van der Waals surface area (Å²) in [6.07, 6.45) is 1.50. The van der Waals surface area contributed by atoms with Gasteiger partial charge in [-0.25, -0.2) is 9.97 Å². The van der Waals surface area contributed by atoms with E-state index in [1.807, 2.05) is 39.0 Å². The number of carbonyl (C=O) groups is 1. The first-order valence-corrected chi connectivity index (χ1v) is 10.2. The number of nitrogens with zero attached hydrogens (tertiary/aromatic N) is 4. The summed E-state index contributed by atoms with van der Waals surface area (Å²) in [5, 5.41) is 3.06. The second-order valence-electron chi connectivity index (χ2n) is 7.82. The molecule has 0 atom stereocenters. The molecule has 3 aromatic rings. The van der Waals surface area contributed by atoms with Gasteiger partial charge in [0.15, 0.2) is 5.58 Å². The van der Waals surface area contributed by atoms with Crippen LogP contribution in [0, 0.1) is 26.7 Å². The van der Waals surface area contributed by atoms with Crippen molar-refractivity contribution in [2.24, 2.45) is 5.92 Å². The fraction of sp³-hybridized carbons (Fsp3) is 0.455. The lowest BCUT2D eigenvalue weighted by atomic mass is 9.96. The molecule has 1 N–H and O–H groups in total. The Morgan fingerprint density at radius 3 is 2.67 bits per heavy atom. The number of hydrogen-bond donors (Lipinski definition) is 1. The van der Waals surface area contributed by atoms with E-state index in [0.717, 1.165) is 48.4 Å². The average Bonchev–Trinajstić information content (AvgIpc) is 3.15. The smallest absolute Gasteiger partial charge is 0.299 e. The predicted octanol–water partition coefficient (Wildman–Crippen LogP) is 3.08. The summed E-state index contributed by atoms with van der Waals surface area (Å²) in [7, 11) is 1.60. The number of oxazole rings is 1. The number of nitrogens with one attached hydrogen (secondary N) is 1. The minimum atomic E-state index is -0.0318. The Bertz CT molecular complexity index is 1070. The Morgan fingerprint density at radius 2 is 1.93 bits per heavy atom. The Labute approximate surface area is 175 Å². The van der Waals surface area contributed by atoms with Gasteiger partial charge < -0.3 is 19.4 Å². The number of amides is 1. The number of pyridine rings is 2. The van der Waals surface area contributed by atoms with E-state index in [1.165, 1.54) is 0 Å². The number of anilines is 1. The molecule has 3 aromatic heterocycles. The minimum Gasteiger partial charge on any atom is -0.481 e. The number of rotatable bonds is 5. The van der Waals surface area contributed by atoms with E-state index in [0.29, 0.717) is 29.7 Å². The molecule has 1 saturated heterocycles. The summed E-state index contributed by atoms with van der Waals surface area (Å²) < 4.78 is 11.2. The Kier molecular flexibility index (Phi) is 5.57. The normalized spacial score (nSPS) is 14.9. The number of piperidine rings is 1. The highest BCUT2D eigenvalue weighted by atomic mass is 16.5. The molecule has 0 aromatic carbocycles. The van der Waals surface area contributed by atoms with Gasteiger partial charge in [-0.3, -0.25) is 4.79 Å². The van der Waals surface area contributed by atoms with Gasteiger partial charge in [-0.05, 0) is 57.4 Å². The maximum atomic E-state index is 12.7. The Balaban J connectivity index is 1.35. The summed E-state index contributed by atoms with van der Waals surface area (Å²) in [4.78, 5) is 28.1. The van der Waals surface area contributed by atoms with Gasteiger partial charge in [0.2, 0.25) is 17.4 Å². The average molecular weight is 409 g/mol. The molecule has 0 radical (unpaired) electrons. The van der Waals surface area contributed by atoms with Crippen LogP contribution in [0.2, 0.25) is 0 Å². The van der Waals surface area contributed by atoms with Gasteiger partial charge >= 0.3 is 0 Å². The molecule has 0 spiro atoms. The standard InChI is InChI=1S/C22H27N5O3/c1-13-11-15(3)25-21(29-4)17(13)12-23-20(28)16-7-9-27(10-8-16)22-26-19-18(30-22)6-5-14(2)24-19/h5-6,11,16H,7-10,12H2,1-4H3,(H,23,28). The second-order valence-corrected chi connectivity index (χ2v) is 7.82. The van der Waals surface area contributed by atoms with E-state index in [-0.39, 0.29) is 11.8 Å². The molecule has 1 amide bonds. The van der Waals surface area contributed by atoms with Crippen LogP contribution in [0.15, 0.2) is 22.6 Å². The Morgan fingerprint density at radius 1 is 1.17 bits per heavy atom. The first kappa shape index (κ1) is 20.1. The molecule has 1 aliphatic heterocycles. The van der Waals surface area contributed by atoms with E-state index in [1.54, 1.807) is 7.11 Å². The highest BCUT2D eigenvalue weighted by Gasteiger charge is 2.27. The zero-order chi connectivity index (χ0) is 21.3. The quantitative estimate of drug-likeness (QED) is 0.692. The van der Waals surface area contributed by atoms with Crippen molar-refractivity contribution in [1.29, 1.82) is 0 Å². The molecular formula is C22H27N5O3. The molecule has 0 unspecified atom stereocenters. The molecular weight excluding hydrogens is 382 g/mol. The number of hydrogen-bond acceptors (Lipinski definition) is 7. The minimum absolute atomic E-state index is 0.0318. The van der Waals surface area contributed by atoms with E-state index >= 15 is 0 Å². The fourth-order valence-electron chi connectivity index (χ4n) is 3.90. The van der Waals surface area contributed by atoms with Crippen molar-refractivity contribution >= 4 is 23.2 Å². The zero-order valence-corrected chi connectivity index (χ0v) is 17.9. The van der Waals surface area contributed by atoms with Gasteiger partial charge in [-0.1, -0.05) is 0 Å². The zero-order valence-electron chi connectivity index (χ0n) is 17.9. The van der Waals surface area contributed by atoms with Crippen molar-refractivity contribution in [3.8, 4) is 5.88 Å². The van der Waals surface area contributed by atoms with Crippen molar-refractivity contribution in [3.63, 3.8) is 0 Å². The van der Waals surface area contributed by atoms with Gasteiger partial charge in [0.1, 0.15) is 0 Å². The first-order chi connectivity index (χ1) is 14.4. The number of methoxy groups -OCH3 is 1. The highest BCUT2D eigenvalue weighted by molar-refractivity contribution is 5.79. The lowest BCUT2D eigenvalue weighted by Gasteiger charge is -2.30. The Hall–Kier alpha value is -3.16. The van der Waals surface area contributed by atoms with Crippen molar-refractivity contribution in [2.75, 3.05) is 25.1 Å². The fourth-order valence-corrected chi connectivity index (χ4v) is 3.90. The van der Waals surface area contributed by atoms with Crippen LogP contribution in [0.4, 0.5) is 6.01 Å². The van der Waals surface area contributed by atoms with Crippen LogP contribution < -0.4 is 15.0 Å². The molecule has 8 nitrogen and oxygen atoms in total. The summed E-state index contributed by atoms with van der Waals surface area (Å²) in [6, 6.07) is 6.38. The van der Waals surface area contributed by atoms with Crippen LogP contribution in [0.25, 0.3) is 11.2 Å². The van der Waals surface area contributed by atoms with Gasteiger partial charge in [0, 0.05) is 42.5 Å². The molecule has 8 heteroatoms. The molecule has 0 bridgehead atoms. The number of aryl methyl sites for hydroxylation is 3. The molecule has 0 aliphatic carbocycles. The van der Waals surface area contributed by atoms with Gasteiger partial charge in [-0.2, -0.15) is 4.98 Å². The van der Waals surface area contributed by atoms with E-state index in [2.05, 4.69) is 25.2 Å². The molecule has 1 aliphatic rings. The van der Waals surface area contributed by atoms with E-state index < -0.39 is 0 Å².